The molecule has 0 saturated carbocycles. The fourth-order valence-corrected chi connectivity index (χ4v) is 4.45. The van der Waals surface area contributed by atoms with Gasteiger partial charge in [-0.1, -0.05) is 35.6 Å². The van der Waals surface area contributed by atoms with Gasteiger partial charge in [-0.2, -0.15) is 9.50 Å². The van der Waals surface area contributed by atoms with Crippen molar-refractivity contribution in [2.75, 3.05) is 19.0 Å². The SMILES string of the molecule is COc1cc(/C=c2\sc3nc(-c4ccncc4)nn3c2=O)ccc1OCC(=O)Nc1ccccc1C. The number of rotatable bonds is 7. The van der Waals surface area contributed by atoms with E-state index in [0.717, 1.165) is 22.4 Å². The van der Waals surface area contributed by atoms with Crippen molar-refractivity contribution in [3.05, 3.63) is 93.0 Å². The van der Waals surface area contributed by atoms with Gasteiger partial charge in [0.15, 0.2) is 23.9 Å². The van der Waals surface area contributed by atoms with Crippen molar-refractivity contribution in [2.45, 2.75) is 6.92 Å². The summed E-state index contributed by atoms with van der Waals surface area (Å²) in [6.07, 6.45) is 5.05. The van der Waals surface area contributed by atoms with E-state index in [-0.39, 0.29) is 18.1 Å². The predicted octanol–water partition coefficient (Wildman–Crippen LogP) is 3.10. The molecule has 0 aliphatic carbocycles. The average molecular weight is 500 g/mol. The van der Waals surface area contributed by atoms with Crippen LogP contribution in [-0.4, -0.2) is 39.2 Å². The van der Waals surface area contributed by atoms with Gasteiger partial charge in [0, 0.05) is 23.6 Å². The van der Waals surface area contributed by atoms with Crippen molar-refractivity contribution in [2.24, 2.45) is 0 Å². The minimum Gasteiger partial charge on any atom is -0.493 e. The number of thiazole rings is 1. The number of nitrogens with zero attached hydrogens (tertiary/aromatic N) is 4. The first-order valence-corrected chi connectivity index (χ1v) is 11.8. The van der Waals surface area contributed by atoms with E-state index in [1.54, 1.807) is 48.8 Å². The topological polar surface area (TPSA) is 108 Å². The standard InChI is InChI=1S/C26H21N5O4S/c1-16-5-3-4-6-19(16)28-23(32)15-35-20-8-7-17(13-21(20)34-2)14-22-25(33)31-26(36-22)29-24(30-31)18-9-11-27-12-10-18/h3-14H,15H2,1-2H3,(H,28,32)/b22-14-. The van der Waals surface area contributed by atoms with Crippen LogP contribution in [0, 0.1) is 6.92 Å². The Bertz CT molecular complexity index is 1660. The van der Waals surface area contributed by atoms with Crippen LogP contribution >= 0.6 is 11.3 Å². The van der Waals surface area contributed by atoms with E-state index in [9.17, 15) is 9.59 Å². The van der Waals surface area contributed by atoms with E-state index < -0.39 is 0 Å². The zero-order valence-corrected chi connectivity index (χ0v) is 20.3. The van der Waals surface area contributed by atoms with Gasteiger partial charge in [-0.05, 0) is 54.5 Å². The number of pyridine rings is 1. The molecule has 0 radical (unpaired) electrons. The molecule has 0 saturated heterocycles. The average Bonchev–Trinajstić information content (AvgIpc) is 3.44. The number of para-hydroxylation sites is 1. The highest BCUT2D eigenvalue weighted by molar-refractivity contribution is 7.15. The number of ether oxygens (including phenoxy) is 2. The number of benzene rings is 2. The third-order valence-corrected chi connectivity index (χ3v) is 6.34. The number of methoxy groups -OCH3 is 1. The number of carbonyl (C=O) groups is 1. The van der Waals surface area contributed by atoms with Crippen molar-refractivity contribution < 1.29 is 14.3 Å². The molecular formula is C26H21N5O4S. The van der Waals surface area contributed by atoms with Crippen molar-refractivity contribution in [3.8, 4) is 22.9 Å². The van der Waals surface area contributed by atoms with E-state index in [2.05, 4.69) is 20.4 Å². The molecule has 0 bridgehead atoms. The Balaban J connectivity index is 1.34. The van der Waals surface area contributed by atoms with Crippen LogP contribution in [0.4, 0.5) is 5.69 Å². The van der Waals surface area contributed by atoms with E-state index >= 15 is 0 Å². The summed E-state index contributed by atoms with van der Waals surface area (Å²) >= 11 is 1.25. The molecule has 0 aliphatic heterocycles. The van der Waals surface area contributed by atoms with Gasteiger partial charge in [-0.25, -0.2) is 0 Å². The fraction of sp³-hybridized carbons (Fsp3) is 0.115. The van der Waals surface area contributed by atoms with Gasteiger partial charge in [0.1, 0.15) is 0 Å². The summed E-state index contributed by atoms with van der Waals surface area (Å²) in [4.78, 5) is 34.2. The number of aromatic nitrogens is 4. The molecule has 3 aromatic heterocycles. The quantitative estimate of drug-likeness (QED) is 0.367. The van der Waals surface area contributed by atoms with Crippen LogP contribution in [0.2, 0.25) is 0 Å². The van der Waals surface area contributed by atoms with Crippen molar-refractivity contribution >= 4 is 34.0 Å². The molecule has 2 aromatic carbocycles. The largest absolute Gasteiger partial charge is 0.493 e. The Hall–Kier alpha value is -4.57. The number of aryl methyl sites for hydroxylation is 1. The third-order valence-electron chi connectivity index (χ3n) is 5.38. The molecule has 5 rings (SSSR count). The summed E-state index contributed by atoms with van der Waals surface area (Å²) in [5, 5.41) is 7.17. The van der Waals surface area contributed by atoms with Crippen LogP contribution in [0.15, 0.2) is 71.8 Å². The van der Waals surface area contributed by atoms with Crippen LogP contribution in [-0.2, 0) is 4.79 Å². The maximum absolute atomic E-state index is 12.9. The second kappa shape index (κ2) is 9.96. The molecule has 0 spiro atoms. The highest BCUT2D eigenvalue weighted by atomic mass is 32.1. The Morgan fingerprint density at radius 3 is 2.67 bits per heavy atom. The molecule has 0 fully saturated rings. The number of hydrogen-bond acceptors (Lipinski definition) is 8. The Labute approximate surface area is 209 Å². The van der Waals surface area contributed by atoms with Gasteiger partial charge < -0.3 is 14.8 Å². The van der Waals surface area contributed by atoms with Crippen molar-refractivity contribution in [1.29, 1.82) is 0 Å². The maximum atomic E-state index is 12.9. The molecular weight excluding hydrogens is 478 g/mol. The number of hydrogen-bond donors (Lipinski definition) is 1. The molecule has 180 valence electrons. The van der Waals surface area contributed by atoms with Gasteiger partial charge >= 0.3 is 0 Å². The molecule has 5 aromatic rings. The minimum atomic E-state index is -0.279. The lowest BCUT2D eigenvalue weighted by atomic mass is 10.2. The van der Waals surface area contributed by atoms with Crippen LogP contribution < -0.4 is 24.9 Å². The zero-order valence-electron chi connectivity index (χ0n) is 19.5. The lowest BCUT2D eigenvalue weighted by molar-refractivity contribution is -0.118. The number of nitrogens with one attached hydrogen (secondary N) is 1. The Kier molecular flexibility index (Phi) is 6.42. The first kappa shape index (κ1) is 23.2. The molecule has 1 amide bonds. The highest BCUT2D eigenvalue weighted by Gasteiger charge is 2.13. The van der Waals surface area contributed by atoms with Gasteiger partial charge in [0.05, 0.1) is 11.6 Å². The number of fused-ring (bicyclic) bond motifs is 1. The first-order valence-electron chi connectivity index (χ1n) is 11.0. The monoisotopic (exact) mass is 499 g/mol. The highest BCUT2D eigenvalue weighted by Crippen LogP contribution is 2.28. The molecule has 36 heavy (non-hydrogen) atoms. The molecule has 3 heterocycles. The van der Waals surface area contributed by atoms with Crippen LogP contribution in [0.25, 0.3) is 22.4 Å². The number of anilines is 1. The second-order valence-electron chi connectivity index (χ2n) is 7.84. The van der Waals surface area contributed by atoms with Gasteiger partial charge in [-0.3, -0.25) is 14.6 Å². The van der Waals surface area contributed by atoms with Gasteiger partial charge in [0.2, 0.25) is 4.96 Å². The number of amides is 1. The van der Waals surface area contributed by atoms with E-state index in [1.165, 1.54) is 23.0 Å². The third kappa shape index (κ3) is 4.80. The smallest absolute Gasteiger partial charge is 0.291 e. The zero-order chi connectivity index (χ0) is 25.1. The lowest BCUT2D eigenvalue weighted by Crippen LogP contribution is -2.23. The maximum Gasteiger partial charge on any atom is 0.291 e. The summed E-state index contributed by atoms with van der Waals surface area (Å²) < 4.78 is 12.9. The Morgan fingerprint density at radius 2 is 1.92 bits per heavy atom. The Morgan fingerprint density at radius 1 is 1.11 bits per heavy atom. The predicted molar refractivity (Wildman–Crippen MR) is 137 cm³/mol. The van der Waals surface area contributed by atoms with Crippen LogP contribution in [0.1, 0.15) is 11.1 Å². The summed E-state index contributed by atoms with van der Waals surface area (Å²) in [5.74, 6) is 1.06. The molecule has 9 nitrogen and oxygen atoms in total. The summed E-state index contributed by atoms with van der Waals surface area (Å²) in [5.41, 5.74) is 2.97. The summed E-state index contributed by atoms with van der Waals surface area (Å²) in [6.45, 7) is 1.75. The van der Waals surface area contributed by atoms with Crippen molar-refractivity contribution in [3.63, 3.8) is 0 Å². The molecule has 0 unspecified atom stereocenters. The van der Waals surface area contributed by atoms with Crippen LogP contribution in [0.5, 0.6) is 11.5 Å². The van der Waals surface area contributed by atoms with E-state index in [1.807, 2.05) is 31.2 Å². The lowest BCUT2D eigenvalue weighted by Gasteiger charge is -2.12. The molecule has 0 aliphatic rings. The van der Waals surface area contributed by atoms with E-state index in [4.69, 9.17) is 9.47 Å². The molecule has 1 N–H and O–H groups in total. The van der Waals surface area contributed by atoms with Gasteiger partial charge in [-0.15, -0.1) is 5.10 Å². The second-order valence-corrected chi connectivity index (χ2v) is 8.85. The first-order chi connectivity index (χ1) is 17.5. The summed E-state index contributed by atoms with van der Waals surface area (Å²) in [6, 6.07) is 16.3. The molecule has 0 atom stereocenters. The normalized spacial score (nSPS) is 11.6. The molecule has 10 heteroatoms. The van der Waals surface area contributed by atoms with Crippen LogP contribution in [0.3, 0.4) is 0 Å². The van der Waals surface area contributed by atoms with Crippen molar-refractivity contribution in [1.82, 2.24) is 19.6 Å². The fourth-order valence-electron chi connectivity index (χ4n) is 3.54. The minimum absolute atomic E-state index is 0.175. The van der Waals surface area contributed by atoms with E-state index in [0.29, 0.717) is 26.8 Å². The summed E-state index contributed by atoms with van der Waals surface area (Å²) in [7, 11) is 1.52. The van der Waals surface area contributed by atoms with Gasteiger partial charge in [0.25, 0.3) is 11.5 Å². The number of carbonyl (C=O) groups excluding carboxylic acids is 1.